The molecule has 4 rings (SSSR count). The lowest BCUT2D eigenvalue weighted by atomic mass is 9.76. The number of carbonyl (C=O) groups excluding carboxylic acids is 2. The Labute approximate surface area is 158 Å². The van der Waals surface area contributed by atoms with Crippen LogP contribution in [-0.4, -0.2) is 68.5 Å². The Balaban J connectivity index is 1.28. The first-order valence-corrected chi connectivity index (χ1v) is 10.8. The Bertz CT molecular complexity index is 789. The van der Waals surface area contributed by atoms with Gasteiger partial charge in [-0.05, 0) is 32.6 Å². The van der Waals surface area contributed by atoms with Gasteiger partial charge in [0.25, 0.3) is 0 Å². The van der Waals surface area contributed by atoms with E-state index >= 15 is 0 Å². The van der Waals surface area contributed by atoms with Crippen molar-refractivity contribution < 1.29 is 37.0 Å². The molecular weight excluding hydrogens is 376 g/mol. The maximum absolute atomic E-state index is 12.5. The van der Waals surface area contributed by atoms with Gasteiger partial charge in [-0.15, -0.1) is 0 Å². The van der Waals surface area contributed by atoms with E-state index in [0.717, 1.165) is 0 Å². The second kappa shape index (κ2) is 6.28. The van der Waals surface area contributed by atoms with E-state index in [2.05, 4.69) is 6.58 Å². The Morgan fingerprint density at radius 2 is 1.93 bits per heavy atom. The van der Waals surface area contributed by atoms with Gasteiger partial charge in [-0.25, -0.2) is 18.0 Å². The van der Waals surface area contributed by atoms with Gasteiger partial charge >= 0.3 is 11.9 Å². The highest BCUT2D eigenvalue weighted by Crippen LogP contribution is 2.64. The van der Waals surface area contributed by atoms with Crippen molar-refractivity contribution in [2.24, 2.45) is 11.8 Å². The molecule has 8 nitrogen and oxygen atoms in total. The van der Waals surface area contributed by atoms with Crippen LogP contribution in [0, 0.1) is 11.8 Å². The van der Waals surface area contributed by atoms with E-state index in [4.69, 9.17) is 18.9 Å². The summed E-state index contributed by atoms with van der Waals surface area (Å²) in [5.41, 5.74) is -0.404. The van der Waals surface area contributed by atoms with Crippen LogP contribution in [0.5, 0.6) is 0 Å². The molecule has 0 spiro atoms. The Kier molecular flexibility index (Phi) is 4.40. The van der Waals surface area contributed by atoms with Crippen molar-refractivity contribution in [1.82, 2.24) is 0 Å². The third-order valence-corrected chi connectivity index (χ3v) is 8.80. The fourth-order valence-electron chi connectivity index (χ4n) is 4.91. The molecule has 3 heterocycles. The molecule has 0 N–H and O–H groups in total. The molecule has 2 bridgehead atoms. The molecule has 0 amide bonds. The van der Waals surface area contributed by atoms with Gasteiger partial charge in [-0.2, -0.15) is 0 Å². The summed E-state index contributed by atoms with van der Waals surface area (Å²) in [7, 11) is -3.11. The lowest BCUT2D eigenvalue weighted by Gasteiger charge is -2.39. The molecular formula is C18H24O8S. The van der Waals surface area contributed by atoms with Crippen LogP contribution in [0.25, 0.3) is 0 Å². The van der Waals surface area contributed by atoms with E-state index in [9.17, 15) is 18.0 Å². The Morgan fingerprint density at radius 3 is 2.63 bits per heavy atom. The van der Waals surface area contributed by atoms with Crippen molar-refractivity contribution in [3.63, 3.8) is 0 Å². The van der Waals surface area contributed by atoms with Crippen LogP contribution in [0.3, 0.4) is 0 Å². The number of sulfone groups is 1. The number of rotatable bonds is 7. The van der Waals surface area contributed by atoms with Crippen LogP contribution in [0.1, 0.15) is 26.7 Å². The molecule has 9 heteroatoms. The van der Waals surface area contributed by atoms with Crippen LogP contribution in [-0.2, 0) is 38.4 Å². The van der Waals surface area contributed by atoms with Gasteiger partial charge in [-0.3, -0.25) is 0 Å². The summed E-state index contributed by atoms with van der Waals surface area (Å²) in [5.74, 6) is -0.997. The van der Waals surface area contributed by atoms with Gasteiger partial charge in [0, 0.05) is 11.5 Å². The minimum absolute atomic E-state index is 0.0200. The maximum Gasteiger partial charge on any atom is 0.333 e. The topological polar surface area (TPSA) is 105 Å². The van der Waals surface area contributed by atoms with Gasteiger partial charge < -0.3 is 18.9 Å². The fourth-order valence-corrected chi connectivity index (χ4v) is 7.69. The molecule has 4 fully saturated rings. The molecule has 27 heavy (non-hydrogen) atoms. The van der Waals surface area contributed by atoms with Crippen molar-refractivity contribution in [3.05, 3.63) is 12.2 Å². The molecule has 7 unspecified atom stereocenters. The molecule has 0 aromatic heterocycles. The summed E-state index contributed by atoms with van der Waals surface area (Å²) in [5, 5.41) is -0.706. The second-order valence-electron chi connectivity index (χ2n) is 8.11. The average molecular weight is 400 g/mol. The van der Waals surface area contributed by atoms with Crippen molar-refractivity contribution in [2.75, 3.05) is 19.8 Å². The molecule has 4 aliphatic rings. The summed E-state index contributed by atoms with van der Waals surface area (Å²) in [6, 6.07) is 0. The van der Waals surface area contributed by atoms with E-state index in [1.807, 2.05) is 6.92 Å². The van der Waals surface area contributed by atoms with E-state index in [1.165, 1.54) is 6.92 Å². The van der Waals surface area contributed by atoms with Crippen molar-refractivity contribution in [1.29, 1.82) is 0 Å². The molecule has 0 aromatic rings. The van der Waals surface area contributed by atoms with Crippen molar-refractivity contribution >= 4 is 21.8 Å². The molecule has 0 radical (unpaired) electrons. The molecule has 3 saturated heterocycles. The minimum Gasteiger partial charge on any atom is -0.460 e. The summed E-state index contributed by atoms with van der Waals surface area (Å²) in [6.07, 6.45) is 0.443. The Morgan fingerprint density at radius 1 is 1.22 bits per heavy atom. The number of hydrogen-bond acceptors (Lipinski definition) is 8. The highest BCUT2D eigenvalue weighted by molar-refractivity contribution is 7.93. The zero-order chi connectivity index (χ0) is 19.6. The lowest BCUT2D eigenvalue weighted by molar-refractivity contribution is -0.159. The van der Waals surface area contributed by atoms with Gasteiger partial charge in [0.15, 0.2) is 9.84 Å². The van der Waals surface area contributed by atoms with Crippen LogP contribution in [0.4, 0.5) is 0 Å². The number of esters is 2. The number of hydrogen-bond donors (Lipinski definition) is 0. The summed E-state index contributed by atoms with van der Waals surface area (Å²) in [6.45, 7) is 6.51. The molecule has 3 aliphatic heterocycles. The zero-order valence-electron chi connectivity index (χ0n) is 15.4. The molecule has 150 valence electrons. The summed E-state index contributed by atoms with van der Waals surface area (Å²) >= 11 is 0. The van der Waals surface area contributed by atoms with Gasteiger partial charge in [0.2, 0.25) is 0 Å². The first-order chi connectivity index (χ1) is 12.6. The monoisotopic (exact) mass is 400 g/mol. The van der Waals surface area contributed by atoms with Crippen LogP contribution >= 0.6 is 0 Å². The van der Waals surface area contributed by atoms with Gasteiger partial charge in [0.05, 0.1) is 28.3 Å². The SMILES string of the molecule is C=C(C)C(=O)OCCOC(=O)COC1C2C3CC3S(=O)(=O)C3CC1(C)OC23. The molecule has 1 aliphatic carbocycles. The third kappa shape index (κ3) is 3.00. The molecule has 1 saturated carbocycles. The smallest absolute Gasteiger partial charge is 0.333 e. The van der Waals surface area contributed by atoms with E-state index in [-0.39, 0.29) is 54.7 Å². The first kappa shape index (κ1) is 18.9. The molecule has 7 atom stereocenters. The van der Waals surface area contributed by atoms with Crippen molar-refractivity contribution in [2.45, 2.75) is 55.0 Å². The van der Waals surface area contributed by atoms with E-state index in [0.29, 0.717) is 12.8 Å². The van der Waals surface area contributed by atoms with Gasteiger partial charge in [-0.1, -0.05) is 6.58 Å². The highest BCUT2D eigenvalue weighted by Gasteiger charge is 2.75. The van der Waals surface area contributed by atoms with Crippen LogP contribution < -0.4 is 0 Å². The summed E-state index contributed by atoms with van der Waals surface area (Å²) in [4.78, 5) is 23.1. The predicted molar refractivity (Wildman–Crippen MR) is 92.5 cm³/mol. The van der Waals surface area contributed by atoms with Crippen LogP contribution in [0.2, 0.25) is 0 Å². The van der Waals surface area contributed by atoms with Gasteiger partial charge in [0.1, 0.15) is 19.8 Å². The third-order valence-electron chi connectivity index (χ3n) is 6.14. The second-order valence-corrected chi connectivity index (χ2v) is 10.5. The predicted octanol–water partition coefficient (Wildman–Crippen LogP) is 0.397. The average Bonchev–Trinajstić information content (AvgIpc) is 3.24. The quantitative estimate of drug-likeness (QED) is 0.343. The zero-order valence-corrected chi connectivity index (χ0v) is 16.2. The molecule has 0 aromatic carbocycles. The fraction of sp³-hybridized carbons (Fsp3) is 0.778. The summed E-state index contributed by atoms with van der Waals surface area (Å²) < 4.78 is 46.8. The lowest BCUT2D eigenvalue weighted by Crippen LogP contribution is -2.54. The number of fused-ring (bicyclic) bond motifs is 3. The normalized spacial score (nSPS) is 42.3. The first-order valence-electron chi connectivity index (χ1n) is 9.15. The van der Waals surface area contributed by atoms with Crippen molar-refractivity contribution in [3.8, 4) is 0 Å². The number of carbonyl (C=O) groups is 2. The van der Waals surface area contributed by atoms with Crippen LogP contribution in [0.15, 0.2) is 12.2 Å². The Hall–Kier alpha value is -1.45. The maximum atomic E-state index is 12.5. The largest absolute Gasteiger partial charge is 0.460 e. The number of ether oxygens (including phenoxy) is 4. The standard InChI is InChI=1S/C18H24O8S/c1-9(2)17(20)24-5-4-23-13(19)8-25-16-14-10-6-11(10)27(21,22)12-7-18(16,3)26-15(12)14/h10-12,14-16H,1,4-8H2,2-3H3. The minimum atomic E-state index is -3.11. The highest BCUT2D eigenvalue weighted by atomic mass is 32.2. The van der Waals surface area contributed by atoms with E-state index in [1.54, 1.807) is 0 Å². The van der Waals surface area contributed by atoms with E-state index < -0.39 is 32.6 Å².